The Kier molecular flexibility index (Phi) is 6.78. The average Bonchev–Trinajstić information content (AvgIpc) is 3.45. The number of nitrogens with zero attached hydrogens (tertiary/aromatic N) is 2. The number of para-hydroxylation sites is 1. The van der Waals surface area contributed by atoms with Gasteiger partial charge in [0.15, 0.2) is 0 Å². The summed E-state index contributed by atoms with van der Waals surface area (Å²) in [6, 6.07) is 19.0. The highest BCUT2D eigenvalue weighted by atomic mass is 32.1. The number of thiophene rings is 1. The average molecular weight is 539 g/mol. The molecule has 1 aliphatic heterocycles. The van der Waals surface area contributed by atoms with E-state index in [1.807, 2.05) is 46.7 Å². The quantitative estimate of drug-likeness (QED) is 0.220. The largest absolute Gasteiger partial charge is 0.380 e. The molecule has 1 amide bonds. The van der Waals surface area contributed by atoms with Crippen LogP contribution < -0.4 is 37.0 Å². The second kappa shape index (κ2) is 10.7. The molecule has 2 aromatic heterocycles. The third-order valence-corrected chi connectivity index (χ3v) is 7.70. The number of hydrogen-bond donors (Lipinski definition) is 4. The molecule has 5 aromatic rings. The van der Waals surface area contributed by atoms with E-state index in [2.05, 4.69) is 26.3 Å². The summed E-state index contributed by atoms with van der Waals surface area (Å²) in [6.07, 6.45) is 1.79. The van der Waals surface area contributed by atoms with E-state index < -0.39 is 10.9 Å². The lowest BCUT2D eigenvalue weighted by Gasteiger charge is -2.31. The summed E-state index contributed by atoms with van der Waals surface area (Å²) in [6.45, 7) is 3.42. The van der Waals surface area contributed by atoms with Gasteiger partial charge in [-0.2, -0.15) is 0 Å². The summed E-state index contributed by atoms with van der Waals surface area (Å²) in [5, 5.41) is 15.6. The van der Waals surface area contributed by atoms with E-state index in [-0.39, 0.29) is 5.91 Å². The molecule has 10 heteroatoms. The molecule has 0 saturated carbocycles. The van der Waals surface area contributed by atoms with E-state index in [0.29, 0.717) is 47.3 Å². The van der Waals surface area contributed by atoms with Crippen LogP contribution >= 0.6 is 11.3 Å². The number of benzene rings is 2. The zero-order chi connectivity index (χ0) is 26.8. The van der Waals surface area contributed by atoms with Crippen LogP contribution in [-0.2, 0) is 6.54 Å². The highest BCUT2D eigenvalue weighted by Crippen LogP contribution is 2.28. The number of carbonyl (C=O) groups excluding carboxylic acids is 1. The minimum Gasteiger partial charge on any atom is -0.380 e. The number of pyridine rings is 1. The Morgan fingerprint density at radius 1 is 0.974 bits per heavy atom. The van der Waals surface area contributed by atoms with Gasteiger partial charge in [-0.25, -0.2) is 0 Å². The lowest BCUT2D eigenvalue weighted by Crippen LogP contribution is -2.50. The predicted molar refractivity (Wildman–Crippen MR) is 158 cm³/mol. The Hall–Kier alpha value is -4.54. The number of piperazine rings is 1. The van der Waals surface area contributed by atoms with Crippen molar-refractivity contribution in [3.63, 3.8) is 0 Å². The van der Waals surface area contributed by atoms with Crippen LogP contribution in [-0.4, -0.2) is 37.1 Å². The molecular weight excluding hydrogens is 512 g/mol. The van der Waals surface area contributed by atoms with Crippen molar-refractivity contribution in [1.29, 1.82) is 0 Å². The molecule has 9 nitrogen and oxygen atoms in total. The zero-order valence-electron chi connectivity index (χ0n) is 21.0. The molecule has 0 spiro atoms. The molecule has 0 atom stereocenters. The molecule has 3 aromatic carbocycles. The number of carbonyl (C=O) groups is 1. The van der Waals surface area contributed by atoms with Crippen LogP contribution in [0.1, 0.15) is 15.2 Å². The van der Waals surface area contributed by atoms with Gasteiger partial charge in [0, 0.05) is 55.7 Å². The van der Waals surface area contributed by atoms with E-state index in [9.17, 15) is 14.4 Å². The molecule has 1 aliphatic rings. The fraction of sp³-hybridized carbons (Fsp3) is 0.172. The first-order valence-electron chi connectivity index (χ1n) is 12.7. The fourth-order valence-corrected chi connectivity index (χ4v) is 5.58. The van der Waals surface area contributed by atoms with Crippen LogP contribution in [0.5, 0.6) is 0 Å². The van der Waals surface area contributed by atoms with E-state index in [1.54, 1.807) is 30.5 Å². The standard InChI is InChI=1S/C29H26N6O3S/c36-26-24(25(27(26)37)35-13-11-30-12-14-35)33-19-4-3-5-20(16-19)34-29(38)28-23(9-15-39-28)32-17-18-8-10-31-22-7-2-1-6-21(18)22/h1-10,15-16,30,32-33H,11-14,17H2,(H,34,38). The van der Waals surface area contributed by atoms with Crippen LogP contribution in [0.15, 0.2) is 81.8 Å². The normalized spacial score (nSPS) is 13.5. The summed E-state index contributed by atoms with van der Waals surface area (Å²) in [4.78, 5) is 44.7. The van der Waals surface area contributed by atoms with Crippen LogP contribution in [0.4, 0.5) is 28.4 Å². The third-order valence-electron chi connectivity index (χ3n) is 6.79. The third kappa shape index (κ3) is 4.99. The Morgan fingerprint density at radius 3 is 2.67 bits per heavy atom. The second-order valence-corrected chi connectivity index (χ2v) is 10.2. The maximum Gasteiger partial charge on any atom is 0.267 e. The topological polar surface area (TPSA) is 115 Å². The summed E-state index contributed by atoms with van der Waals surface area (Å²) in [5.41, 5.74) is 3.73. The molecule has 0 bridgehead atoms. The lowest BCUT2D eigenvalue weighted by molar-refractivity contribution is 0.103. The smallest absolute Gasteiger partial charge is 0.267 e. The van der Waals surface area contributed by atoms with Crippen LogP contribution in [0.3, 0.4) is 0 Å². The molecular formula is C29H26N6O3S. The molecule has 6 rings (SSSR count). The van der Waals surface area contributed by atoms with E-state index in [0.717, 1.165) is 35.2 Å². The highest BCUT2D eigenvalue weighted by Gasteiger charge is 2.27. The number of anilines is 5. The van der Waals surface area contributed by atoms with Gasteiger partial charge in [0.05, 0.1) is 11.2 Å². The maximum atomic E-state index is 13.2. The van der Waals surface area contributed by atoms with E-state index in [4.69, 9.17) is 0 Å². The van der Waals surface area contributed by atoms with Gasteiger partial charge in [0.25, 0.3) is 16.8 Å². The van der Waals surface area contributed by atoms with Crippen molar-refractivity contribution in [2.75, 3.05) is 47.0 Å². The molecule has 1 saturated heterocycles. The SMILES string of the molecule is O=C(Nc1cccc(Nc2c(N3CCNCC3)c(=O)c2=O)c1)c1sccc1NCc1ccnc2ccccc12. The van der Waals surface area contributed by atoms with Gasteiger partial charge in [0.1, 0.15) is 16.3 Å². The van der Waals surface area contributed by atoms with Gasteiger partial charge >= 0.3 is 0 Å². The minimum absolute atomic E-state index is 0.236. The van der Waals surface area contributed by atoms with Crippen molar-refractivity contribution >= 4 is 56.6 Å². The lowest BCUT2D eigenvalue weighted by atomic mass is 10.1. The molecule has 0 aliphatic carbocycles. The number of aromatic nitrogens is 1. The second-order valence-electron chi connectivity index (χ2n) is 9.28. The first kappa shape index (κ1) is 24.8. The first-order valence-corrected chi connectivity index (χ1v) is 13.6. The fourth-order valence-electron chi connectivity index (χ4n) is 4.82. The molecule has 0 radical (unpaired) electrons. The number of amides is 1. The van der Waals surface area contributed by atoms with Gasteiger partial charge in [0.2, 0.25) is 0 Å². The number of fused-ring (bicyclic) bond motifs is 1. The minimum atomic E-state index is -0.519. The zero-order valence-corrected chi connectivity index (χ0v) is 21.8. The van der Waals surface area contributed by atoms with Crippen molar-refractivity contribution < 1.29 is 4.79 Å². The predicted octanol–water partition coefficient (Wildman–Crippen LogP) is 3.91. The van der Waals surface area contributed by atoms with Gasteiger partial charge < -0.3 is 26.2 Å². The van der Waals surface area contributed by atoms with Gasteiger partial charge in [-0.1, -0.05) is 24.3 Å². The highest BCUT2D eigenvalue weighted by molar-refractivity contribution is 7.12. The number of hydrogen-bond acceptors (Lipinski definition) is 9. The van der Waals surface area contributed by atoms with Crippen LogP contribution in [0, 0.1) is 0 Å². The molecule has 3 heterocycles. The van der Waals surface area contributed by atoms with Gasteiger partial charge in [-0.3, -0.25) is 19.4 Å². The van der Waals surface area contributed by atoms with Gasteiger partial charge in [-0.05, 0) is 47.3 Å². The molecule has 1 fully saturated rings. The van der Waals surface area contributed by atoms with Crippen molar-refractivity contribution in [2.24, 2.45) is 0 Å². The van der Waals surface area contributed by atoms with Crippen molar-refractivity contribution in [3.05, 3.63) is 103 Å². The maximum absolute atomic E-state index is 13.2. The molecule has 4 N–H and O–H groups in total. The molecule has 39 heavy (non-hydrogen) atoms. The van der Waals surface area contributed by atoms with Crippen LogP contribution in [0.25, 0.3) is 10.9 Å². The first-order chi connectivity index (χ1) is 19.1. The van der Waals surface area contributed by atoms with Crippen molar-refractivity contribution in [3.8, 4) is 0 Å². The number of nitrogens with one attached hydrogen (secondary N) is 4. The van der Waals surface area contributed by atoms with Crippen molar-refractivity contribution in [1.82, 2.24) is 10.3 Å². The number of rotatable bonds is 8. The summed E-state index contributed by atoms with van der Waals surface area (Å²) in [7, 11) is 0. The monoisotopic (exact) mass is 538 g/mol. The Labute approximate surface area is 228 Å². The Bertz CT molecular complexity index is 1730. The summed E-state index contributed by atoms with van der Waals surface area (Å²) >= 11 is 1.36. The van der Waals surface area contributed by atoms with E-state index in [1.165, 1.54) is 11.3 Å². The Morgan fingerprint density at radius 2 is 1.79 bits per heavy atom. The van der Waals surface area contributed by atoms with Gasteiger partial charge in [-0.15, -0.1) is 11.3 Å². The summed E-state index contributed by atoms with van der Waals surface area (Å²) < 4.78 is 0. The molecule has 0 unspecified atom stereocenters. The van der Waals surface area contributed by atoms with Crippen LogP contribution in [0.2, 0.25) is 0 Å². The molecule has 196 valence electrons. The van der Waals surface area contributed by atoms with E-state index >= 15 is 0 Å². The summed E-state index contributed by atoms with van der Waals surface area (Å²) in [5.74, 6) is -0.236. The van der Waals surface area contributed by atoms with Crippen molar-refractivity contribution in [2.45, 2.75) is 6.54 Å². The Balaban J connectivity index is 1.14.